The van der Waals surface area contributed by atoms with E-state index < -0.39 is 0 Å². The maximum absolute atomic E-state index is 3.60. The fourth-order valence-corrected chi connectivity index (χ4v) is 1.94. The van der Waals surface area contributed by atoms with Crippen LogP contribution in [0.2, 0.25) is 0 Å². The van der Waals surface area contributed by atoms with Crippen molar-refractivity contribution in [3.8, 4) is 0 Å². The van der Waals surface area contributed by atoms with Crippen LogP contribution >= 0.6 is 0 Å². The molecular weight excluding hydrogens is 198 g/mol. The molecule has 0 unspecified atom stereocenters. The summed E-state index contributed by atoms with van der Waals surface area (Å²) in [5, 5.41) is 6.94. The minimum absolute atomic E-state index is 0.568. The Kier molecular flexibility index (Phi) is 9.99. The molecule has 2 atom stereocenters. The smallest absolute Gasteiger partial charge is 0.0212 e. The molecule has 0 saturated carbocycles. The topological polar surface area (TPSA) is 27.3 Å². The number of rotatable bonds is 10. The molecule has 0 amide bonds. The fourth-order valence-electron chi connectivity index (χ4n) is 1.94. The van der Waals surface area contributed by atoms with Gasteiger partial charge >= 0.3 is 0 Å². The molecule has 0 heterocycles. The molecule has 3 heteroatoms. The molecule has 0 aromatic carbocycles. The predicted molar refractivity (Wildman–Crippen MR) is 73.0 cm³/mol. The lowest BCUT2D eigenvalue weighted by Gasteiger charge is -2.23. The average Bonchev–Trinajstić information content (AvgIpc) is 2.29. The first kappa shape index (κ1) is 15.9. The summed E-state index contributed by atoms with van der Waals surface area (Å²) in [5.41, 5.74) is 0. The zero-order valence-electron chi connectivity index (χ0n) is 11.8. The molecule has 0 rings (SSSR count). The van der Waals surface area contributed by atoms with Gasteiger partial charge in [-0.15, -0.1) is 0 Å². The molecule has 0 aliphatic rings. The Bertz CT molecular complexity index is 146. The van der Waals surface area contributed by atoms with Gasteiger partial charge in [0.2, 0.25) is 0 Å². The zero-order valence-corrected chi connectivity index (χ0v) is 11.8. The number of hydrogen-bond acceptors (Lipinski definition) is 3. The van der Waals surface area contributed by atoms with Crippen LogP contribution in [0.25, 0.3) is 0 Å². The summed E-state index contributed by atoms with van der Waals surface area (Å²) in [6.45, 7) is 10.2. The van der Waals surface area contributed by atoms with E-state index in [-0.39, 0.29) is 0 Å². The molecule has 0 aliphatic carbocycles. The SMILES string of the molecule is CC[C@@H](NC)[C@@H](C)NCCCCN(C)CC. The first-order valence-electron chi connectivity index (χ1n) is 6.74. The van der Waals surface area contributed by atoms with Crippen molar-refractivity contribution in [2.24, 2.45) is 0 Å². The van der Waals surface area contributed by atoms with Crippen molar-refractivity contribution in [2.75, 3.05) is 33.7 Å². The Labute approximate surface area is 102 Å². The number of likely N-dealkylation sites (N-methyl/N-ethyl adjacent to an activating group) is 1. The van der Waals surface area contributed by atoms with Gasteiger partial charge in [-0.05, 0) is 59.9 Å². The molecule has 0 aliphatic heterocycles. The highest BCUT2D eigenvalue weighted by atomic mass is 15.1. The van der Waals surface area contributed by atoms with Crippen molar-refractivity contribution in [3.63, 3.8) is 0 Å². The molecule has 0 saturated heterocycles. The van der Waals surface area contributed by atoms with Crippen LogP contribution in [-0.4, -0.2) is 50.7 Å². The predicted octanol–water partition coefficient (Wildman–Crippen LogP) is 1.69. The molecule has 2 N–H and O–H groups in total. The van der Waals surface area contributed by atoms with Gasteiger partial charge in [0.25, 0.3) is 0 Å². The zero-order chi connectivity index (χ0) is 12.4. The lowest BCUT2D eigenvalue weighted by molar-refractivity contribution is 0.336. The van der Waals surface area contributed by atoms with E-state index in [2.05, 4.69) is 43.4 Å². The summed E-state index contributed by atoms with van der Waals surface area (Å²) in [5.74, 6) is 0. The van der Waals surface area contributed by atoms with Crippen LogP contribution in [0.5, 0.6) is 0 Å². The normalized spacial score (nSPS) is 15.4. The minimum atomic E-state index is 0.568. The second-order valence-corrected chi connectivity index (χ2v) is 4.65. The standard InChI is InChI=1S/C13H31N3/c1-6-13(14-4)12(3)15-10-8-9-11-16(5)7-2/h12-15H,6-11H2,1-5H3/t12-,13-/m1/s1. The second-order valence-electron chi connectivity index (χ2n) is 4.65. The maximum atomic E-state index is 3.60. The van der Waals surface area contributed by atoms with Crippen molar-refractivity contribution < 1.29 is 0 Å². The Morgan fingerprint density at radius 1 is 1.19 bits per heavy atom. The van der Waals surface area contributed by atoms with Crippen LogP contribution in [0.15, 0.2) is 0 Å². The summed E-state index contributed by atoms with van der Waals surface area (Å²) in [6, 6.07) is 1.16. The van der Waals surface area contributed by atoms with Gasteiger partial charge in [0, 0.05) is 12.1 Å². The first-order chi connectivity index (χ1) is 7.65. The molecule has 0 aromatic heterocycles. The van der Waals surface area contributed by atoms with Crippen molar-refractivity contribution in [1.82, 2.24) is 15.5 Å². The van der Waals surface area contributed by atoms with Crippen LogP contribution in [0.1, 0.15) is 40.0 Å². The highest BCUT2D eigenvalue weighted by Gasteiger charge is 2.11. The van der Waals surface area contributed by atoms with Crippen molar-refractivity contribution in [2.45, 2.75) is 52.1 Å². The summed E-state index contributed by atoms with van der Waals surface area (Å²) in [6.07, 6.45) is 3.75. The molecule has 16 heavy (non-hydrogen) atoms. The summed E-state index contributed by atoms with van der Waals surface area (Å²) < 4.78 is 0. The van der Waals surface area contributed by atoms with Gasteiger partial charge in [-0.1, -0.05) is 13.8 Å². The van der Waals surface area contributed by atoms with Crippen LogP contribution < -0.4 is 10.6 Å². The van der Waals surface area contributed by atoms with Gasteiger partial charge in [0.1, 0.15) is 0 Å². The van der Waals surface area contributed by atoms with E-state index in [0.717, 1.165) is 13.1 Å². The highest BCUT2D eigenvalue weighted by Crippen LogP contribution is 1.98. The molecular formula is C13H31N3. The van der Waals surface area contributed by atoms with E-state index in [1.54, 1.807) is 0 Å². The molecule has 0 bridgehead atoms. The number of nitrogens with zero attached hydrogens (tertiary/aromatic N) is 1. The van der Waals surface area contributed by atoms with Gasteiger partial charge in [-0.25, -0.2) is 0 Å². The minimum Gasteiger partial charge on any atom is -0.315 e. The van der Waals surface area contributed by atoms with E-state index >= 15 is 0 Å². The molecule has 0 aromatic rings. The summed E-state index contributed by atoms with van der Waals surface area (Å²) in [4.78, 5) is 2.37. The molecule has 0 radical (unpaired) electrons. The van der Waals surface area contributed by atoms with E-state index in [1.165, 1.54) is 25.8 Å². The number of hydrogen-bond donors (Lipinski definition) is 2. The Hall–Kier alpha value is -0.120. The molecule has 0 spiro atoms. The average molecular weight is 229 g/mol. The summed E-state index contributed by atoms with van der Waals surface area (Å²) >= 11 is 0. The van der Waals surface area contributed by atoms with Gasteiger partial charge in [-0.3, -0.25) is 0 Å². The largest absolute Gasteiger partial charge is 0.315 e. The fraction of sp³-hybridized carbons (Fsp3) is 1.00. The van der Waals surface area contributed by atoms with Crippen molar-refractivity contribution >= 4 is 0 Å². The van der Waals surface area contributed by atoms with E-state index in [0.29, 0.717) is 12.1 Å². The van der Waals surface area contributed by atoms with Gasteiger partial charge in [-0.2, -0.15) is 0 Å². The van der Waals surface area contributed by atoms with Gasteiger partial charge < -0.3 is 15.5 Å². The maximum Gasteiger partial charge on any atom is 0.0212 e. The molecule has 98 valence electrons. The lowest BCUT2D eigenvalue weighted by Crippen LogP contribution is -2.44. The van der Waals surface area contributed by atoms with Crippen LogP contribution in [-0.2, 0) is 0 Å². The first-order valence-corrected chi connectivity index (χ1v) is 6.74. The number of unbranched alkanes of at least 4 members (excludes halogenated alkanes) is 1. The van der Waals surface area contributed by atoms with Crippen LogP contribution in [0.3, 0.4) is 0 Å². The lowest BCUT2D eigenvalue weighted by atomic mass is 10.1. The quantitative estimate of drug-likeness (QED) is 0.558. The van der Waals surface area contributed by atoms with E-state index in [1.807, 2.05) is 7.05 Å². The van der Waals surface area contributed by atoms with Gasteiger partial charge in [0.05, 0.1) is 0 Å². The third-order valence-electron chi connectivity index (χ3n) is 3.39. The second kappa shape index (κ2) is 10.1. The van der Waals surface area contributed by atoms with Crippen molar-refractivity contribution in [1.29, 1.82) is 0 Å². The third-order valence-corrected chi connectivity index (χ3v) is 3.39. The van der Waals surface area contributed by atoms with E-state index in [4.69, 9.17) is 0 Å². The Balaban J connectivity index is 3.43. The van der Waals surface area contributed by atoms with E-state index in [9.17, 15) is 0 Å². The Morgan fingerprint density at radius 2 is 1.88 bits per heavy atom. The van der Waals surface area contributed by atoms with Crippen molar-refractivity contribution in [3.05, 3.63) is 0 Å². The molecule has 3 nitrogen and oxygen atoms in total. The van der Waals surface area contributed by atoms with Crippen LogP contribution in [0, 0.1) is 0 Å². The monoisotopic (exact) mass is 229 g/mol. The van der Waals surface area contributed by atoms with Crippen LogP contribution in [0.4, 0.5) is 0 Å². The highest BCUT2D eigenvalue weighted by molar-refractivity contribution is 4.75. The molecule has 0 fully saturated rings. The Morgan fingerprint density at radius 3 is 2.38 bits per heavy atom. The summed E-state index contributed by atoms with van der Waals surface area (Å²) in [7, 11) is 4.23. The van der Waals surface area contributed by atoms with Gasteiger partial charge in [0.15, 0.2) is 0 Å². The third kappa shape index (κ3) is 7.20. The number of nitrogens with one attached hydrogen (secondary N) is 2.